The van der Waals surface area contributed by atoms with Crippen LogP contribution in [0.5, 0.6) is 0 Å². The van der Waals surface area contributed by atoms with Gasteiger partial charge in [0.2, 0.25) is 0 Å². The van der Waals surface area contributed by atoms with Crippen LogP contribution in [0.1, 0.15) is 23.3 Å². The zero-order valence-corrected chi connectivity index (χ0v) is 14.1. The first-order valence-electron chi connectivity index (χ1n) is 8.21. The van der Waals surface area contributed by atoms with E-state index in [-0.39, 0.29) is 11.7 Å². The van der Waals surface area contributed by atoms with Gasteiger partial charge in [-0.2, -0.15) is 0 Å². The molecule has 1 saturated heterocycles. The van der Waals surface area contributed by atoms with E-state index in [9.17, 15) is 9.18 Å². The molecule has 1 N–H and O–H groups in total. The van der Waals surface area contributed by atoms with E-state index >= 15 is 0 Å². The maximum Gasteiger partial charge on any atom is 0.271 e. The van der Waals surface area contributed by atoms with E-state index in [1.807, 2.05) is 17.5 Å². The number of halogens is 1. The van der Waals surface area contributed by atoms with Crippen LogP contribution in [0.4, 0.5) is 15.2 Å². The van der Waals surface area contributed by atoms with Gasteiger partial charge in [-0.15, -0.1) is 11.3 Å². The lowest BCUT2D eigenvalue weighted by Gasteiger charge is -2.36. The molecule has 2 heterocycles. The monoisotopic (exact) mass is 346 g/mol. The number of piperazine rings is 1. The van der Waals surface area contributed by atoms with Crippen LogP contribution < -0.4 is 15.1 Å². The first-order chi connectivity index (χ1) is 11.7. The maximum absolute atomic E-state index is 13.9. The summed E-state index contributed by atoms with van der Waals surface area (Å²) >= 11 is 1.49. The van der Waals surface area contributed by atoms with Gasteiger partial charge < -0.3 is 15.1 Å². The Bertz CT molecular complexity index is 738. The minimum Gasteiger partial charge on any atom is -0.366 e. The molecule has 0 atom stereocenters. The van der Waals surface area contributed by atoms with Crippen LogP contribution in [-0.2, 0) is 0 Å². The van der Waals surface area contributed by atoms with Gasteiger partial charge in [0, 0.05) is 37.6 Å². The summed E-state index contributed by atoms with van der Waals surface area (Å²) in [6.45, 7) is 3.02. The first-order valence-corrected chi connectivity index (χ1v) is 9.09. The SMILES string of the molecule is O=C(NC1CC1)c1csc(N2CCN(c3ccccc3F)CC2)n1. The normalized spacial score (nSPS) is 17.9. The molecular formula is C17H19FN4OS. The molecule has 1 saturated carbocycles. The molecule has 5 nitrogen and oxygen atoms in total. The molecule has 1 amide bonds. The summed E-state index contributed by atoms with van der Waals surface area (Å²) in [6.07, 6.45) is 2.14. The summed E-state index contributed by atoms with van der Waals surface area (Å²) in [5.41, 5.74) is 1.15. The quantitative estimate of drug-likeness (QED) is 0.924. The first kappa shape index (κ1) is 15.4. The second-order valence-electron chi connectivity index (χ2n) is 6.19. The molecule has 0 unspecified atom stereocenters. The van der Waals surface area contributed by atoms with Crippen molar-refractivity contribution in [1.82, 2.24) is 10.3 Å². The van der Waals surface area contributed by atoms with Crippen molar-refractivity contribution in [3.63, 3.8) is 0 Å². The van der Waals surface area contributed by atoms with Gasteiger partial charge in [0.15, 0.2) is 5.13 Å². The number of carbonyl (C=O) groups is 1. The average molecular weight is 346 g/mol. The summed E-state index contributed by atoms with van der Waals surface area (Å²) < 4.78 is 13.9. The van der Waals surface area contributed by atoms with Gasteiger partial charge in [-0.1, -0.05) is 12.1 Å². The third-order valence-electron chi connectivity index (χ3n) is 4.38. The van der Waals surface area contributed by atoms with E-state index in [1.54, 1.807) is 6.07 Å². The number of carbonyl (C=O) groups excluding carboxylic acids is 1. The largest absolute Gasteiger partial charge is 0.366 e. The Hall–Kier alpha value is -2.15. The lowest BCUT2D eigenvalue weighted by molar-refractivity contribution is 0.0947. The maximum atomic E-state index is 13.9. The molecule has 126 valence electrons. The van der Waals surface area contributed by atoms with E-state index in [1.165, 1.54) is 17.4 Å². The molecule has 7 heteroatoms. The predicted molar refractivity (Wildman–Crippen MR) is 93.4 cm³/mol. The highest BCUT2D eigenvalue weighted by molar-refractivity contribution is 7.13. The highest BCUT2D eigenvalue weighted by Gasteiger charge is 2.26. The van der Waals surface area contributed by atoms with Crippen molar-refractivity contribution in [3.8, 4) is 0 Å². The molecule has 4 rings (SSSR count). The second kappa shape index (κ2) is 6.39. The zero-order valence-electron chi connectivity index (χ0n) is 13.2. The van der Waals surface area contributed by atoms with Crippen molar-refractivity contribution in [1.29, 1.82) is 0 Å². The highest BCUT2D eigenvalue weighted by Crippen LogP contribution is 2.26. The highest BCUT2D eigenvalue weighted by atomic mass is 32.1. The number of para-hydroxylation sites is 1. The summed E-state index contributed by atoms with van der Waals surface area (Å²) in [6, 6.07) is 7.21. The van der Waals surface area contributed by atoms with Gasteiger partial charge in [-0.3, -0.25) is 4.79 Å². The minimum atomic E-state index is -0.181. The molecule has 24 heavy (non-hydrogen) atoms. The molecule has 2 aliphatic rings. The number of hydrogen-bond acceptors (Lipinski definition) is 5. The Morgan fingerprint density at radius 1 is 1.17 bits per heavy atom. The third-order valence-corrected chi connectivity index (χ3v) is 5.28. The Morgan fingerprint density at radius 2 is 1.88 bits per heavy atom. The number of hydrogen-bond donors (Lipinski definition) is 1. The molecule has 0 bridgehead atoms. The molecule has 2 aromatic rings. The Morgan fingerprint density at radius 3 is 2.58 bits per heavy atom. The Labute approximate surface area is 144 Å². The second-order valence-corrected chi connectivity index (χ2v) is 7.03. The Balaban J connectivity index is 1.38. The number of thiazole rings is 1. The molecule has 2 fully saturated rings. The zero-order chi connectivity index (χ0) is 16.5. The summed E-state index contributed by atoms with van der Waals surface area (Å²) in [4.78, 5) is 20.7. The van der Waals surface area contributed by atoms with Gasteiger partial charge in [0.05, 0.1) is 5.69 Å². The lowest BCUT2D eigenvalue weighted by Crippen LogP contribution is -2.46. The molecule has 0 spiro atoms. The summed E-state index contributed by atoms with van der Waals surface area (Å²) in [5.74, 6) is -0.260. The molecule has 0 radical (unpaired) electrons. The standard InChI is InChI=1S/C17H19FN4OS/c18-13-3-1-2-4-15(13)21-7-9-22(10-8-21)17-20-14(11-24-17)16(23)19-12-5-6-12/h1-4,11-12H,5-10H2,(H,19,23). The number of nitrogens with one attached hydrogen (secondary N) is 1. The smallest absolute Gasteiger partial charge is 0.271 e. The topological polar surface area (TPSA) is 48.5 Å². The fourth-order valence-corrected chi connectivity index (χ4v) is 3.71. The van der Waals surface area contributed by atoms with E-state index in [4.69, 9.17) is 0 Å². The van der Waals surface area contributed by atoms with Crippen LogP contribution in [0.3, 0.4) is 0 Å². The van der Waals surface area contributed by atoms with Crippen molar-refractivity contribution < 1.29 is 9.18 Å². The molecule has 1 aliphatic heterocycles. The van der Waals surface area contributed by atoms with Crippen molar-refractivity contribution >= 4 is 28.1 Å². The van der Waals surface area contributed by atoms with Crippen LogP contribution in [0.15, 0.2) is 29.6 Å². The van der Waals surface area contributed by atoms with Crippen molar-refractivity contribution in [2.24, 2.45) is 0 Å². The van der Waals surface area contributed by atoms with Crippen LogP contribution in [0.2, 0.25) is 0 Å². The van der Waals surface area contributed by atoms with Crippen LogP contribution in [-0.4, -0.2) is 43.1 Å². The minimum absolute atomic E-state index is 0.0787. The average Bonchev–Trinajstić information content (AvgIpc) is 3.27. The van der Waals surface area contributed by atoms with Gasteiger partial charge in [-0.25, -0.2) is 9.37 Å². The number of rotatable bonds is 4. The number of nitrogens with zero attached hydrogens (tertiary/aromatic N) is 3. The van der Waals surface area contributed by atoms with Crippen LogP contribution in [0.25, 0.3) is 0 Å². The van der Waals surface area contributed by atoms with Crippen LogP contribution in [0, 0.1) is 5.82 Å². The predicted octanol–water partition coefficient (Wildman–Crippen LogP) is 2.50. The van der Waals surface area contributed by atoms with Crippen molar-refractivity contribution in [2.45, 2.75) is 18.9 Å². The van der Waals surface area contributed by atoms with E-state index in [0.29, 0.717) is 17.4 Å². The summed E-state index contributed by atoms with van der Waals surface area (Å²) in [5, 5.41) is 5.64. The summed E-state index contributed by atoms with van der Waals surface area (Å²) in [7, 11) is 0. The number of amides is 1. The third kappa shape index (κ3) is 3.21. The van der Waals surface area contributed by atoms with E-state index in [0.717, 1.165) is 44.2 Å². The van der Waals surface area contributed by atoms with Gasteiger partial charge >= 0.3 is 0 Å². The van der Waals surface area contributed by atoms with Crippen molar-refractivity contribution in [2.75, 3.05) is 36.0 Å². The lowest BCUT2D eigenvalue weighted by atomic mass is 10.2. The fraction of sp³-hybridized carbons (Fsp3) is 0.412. The van der Waals surface area contributed by atoms with Gasteiger partial charge in [0.25, 0.3) is 5.91 Å². The van der Waals surface area contributed by atoms with Crippen LogP contribution >= 0.6 is 11.3 Å². The van der Waals surface area contributed by atoms with Crippen molar-refractivity contribution in [3.05, 3.63) is 41.2 Å². The van der Waals surface area contributed by atoms with Gasteiger partial charge in [0.1, 0.15) is 11.5 Å². The molecule has 1 aromatic carbocycles. The number of anilines is 2. The molecular weight excluding hydrogens is 327 g/mol. The van der Waals surface area contributed by atoms with E-state index in [2.05, 4.69) is 20.1 Å². The fourth-order valence-electron chi connectivity index (χ4n) is 2.85. The van der Waals surface area contributed by atoms with Gasteiger partial charge in [-0.05, 0) is 25.0 Å². The molecule has 1 aromatic heterocycles. The molecule has 1 aliphatic carbocycles. The number of benzene rings is 1. The number of aromatic nitrogens is 1. The Kier molecular flexibility index (Phi) is 4.10. The van der Waals surface area contributed by atoms with E-state index < -0.39 is 0 Å².